The number of nitrogen functional groups attached to an aromatic ring is 1. The summed E-state index contributed by atoms with van der Waals surface area (Å²) in [6.45, 7) is 5.05. The van der Waals surface area contributed by atoms with Gasteiger partial charge in [-0.2, -0.15) is 11.3 Å². The average Bonchev–Trinajstić information content (AvgIpc) is 3.45. The number of piperidine rings is 1. The fourth-order valence-electron chi connectivity index (χ4n) is 5.01. The maximum atomic E-state index is 13.5. The first-order valence-electron chi connectivity index (χ1n) is 12.6. The molecule has 2 aliphatic heterocycles. The first-order valence-corrected chi connectivity index (χ1v) is 13.5. The van der Waals surface area contributed by atoms with Crippen LogP contribution in [0.2, 0.25) is 0 Å². The third kappa shape index (κ3) is 5.46. The largest absolute Gasteiger partial charge is 0.398 e. The number of thiophene rings is 1. The number of hydrogen-bond acceptors (Lipinski definition) is 7. The van der Waals surface area contributed by atoms with E-state index in [0.29, 0.717) is 22.6 Å². The highest BCUT2D eigenvalue weighted by atomic mass is 32.1. The maximum Gasteiger partial charge on any atom is 0.246 e. The minimum atomic E-state index is -0.315. The van der Waals surface area contributed by atoms with Gasteiger partial charge in [0, 0.05) is 41.3 Å². The summed E-state index contributed by atoms with van der Waals surface area (Å²) in [5.74, 6) is -0.0487. The van der Waals surface area contributed by atoms with Crippen LogP contribution in [-0.4, -0.2) is 55.9 Å². The molecule has 2 aromatic carbocycles. The molecule has 0 radical (unpaired) electrons. The molecule has 2 saturated heterocycles. The Labute approximate surface area is 216 Å². The number of morpholine rings is 1. The first-order chi connectivity index (χ1) is 17.6. The highest BCUT2D eigenvalue weighted by Gasteiger charge is 2.29. The topological polar surface area (TPSA) is 94.7 Å². The monoisotopic (exact) mass is 503 g/mol. The SMILES string of the molecule is N=C(c1ccc(N2CCOCC2)cc1)c1cc(NC(=O)C(c2ccsc2)N2CCCCC2)ccc1N. The number of rotatable bonds is 7. The lowest BCUT2D eigenvalue weighted by Gasteiger charge is -2.33. The van der Waals surface area contributed by atoms with E-state index in [0.717, 1.165) is 69.0 Å². The molecule has 8 heteroatoms. The second-order valence-corrected chi connectivity index (χ2v) is 10.1. The minimum absolute atomic E-state index is 0.0487. The van der Waals surface area contributed by atoms with Gasteiger partial charge in [0.25, 0.3) is 0 Å². The predicted octanol–water partition coefficient (Wildman–Crippen LogP) is 4.75. The van der Waals surface area contributed by atoms with E-state index in [1.54, 1.807) is 17.4 Å². The van der Waals surface area contributed by atoms with Gasteiger partial charge in [-0.1, -0.05) is 18.6 Å². The fraction of sp³-hybridized carbons (Fsp3) is 0.357. The normalized spacial score (nSPS) is 17.5. The van der Waals surface area contributed by atoms with Gasteiger partial charge in [-0.05, 0) is 78.7 Å². The van der Waals surface area contributed by atoms with Crippen molar-refractivity contribution >= 4 is 40.0 Å². The third-order valence-corrected chi connectivity index (χ3v) is 7.69. The Kier molecular flexibility index (Phi) is 7.65. The van der Waals surface area contributed by atoms with Crippen molar-refractivity contribution < 1.29 is 9.53 Å². The van der Waals surface area contributed by atoms with Gasteiger partial charge in [0.05, 0.1) is 18.9 Å². The van der Waals surface area contributed by atoms with Crippen LogP contribution >= 0.6 is 11.3 Å². The van der Waals surface area contributed by atoms with Crippen molar-refractivity contribution in [2.45, 2.75) is 25.3 Å². The number of nitrogens with two attached hydrogens (primary N) is 1. The van der Waals surface area contributed by atoms with E-state index in [9.17, 15) is 4.79 Å². The van der Waals surface area contributed by atoms with Crippen molar-refractivity contribution in [3.8, 4) is 0 Å². The van der Waals surface area contributed by atoms with Crippen LogP contribution in [0.15, 0.2) is 59.3 Å². The maximum absolute atomic E-state index is 13.5. The molecule has 4 N–H and O–H groups in total. The predicted molar refractivity (Wildman–Crippen MR) is 147 cm³/mol. The summed E-state index contributed by atoms with van der Waals surface area (Å²) in [5, 5.41) is 16.0. The lowest BCUT2D eigenvalue weighted by molar-refractivity contribution is -0.121. The van der Waals surface area contributed by atoms with E-state index >= 15 is 0 Å². The van der Waals surface area contributed by atoms with Gasteiger partial charge in [-0.25, -0.2) is 0 Å². The second-order valence-electron chi connectivity index (χ2n) is 9.37. The quantitative estimate of drug-likeness (QED) is 0.320. The molecular weight excluding hydrogens is 470 g/mol. The Hall–Kier alpha value is -3.20. The number of anilines is 3. The molecule has 0 spiro atoms. The molecule has 3 aromatic rings. The van der Waals surface area contributed by atoms with Crippen LogP contribution in [0, 0.1) is 5.41 Å². The molecule has 1 atom stereocenters. The summed E-state index contributed by atoms with van der Waals surface area (Å²) in [4.78, 5) is 18.0. The van der Waals surface area contributed by atoms with E-state index in [-0.39, 0.29) is 11.9 Å². The van der Waals surface area contributed by atoms with Crippen LogP contribution in [0.4, 0.5) is 17.1 Å². The molecule has 1 amide bonds. The number of ether oxygens (including phenoxy) is 1. The zero-order chi connectivity index (χ0) is 24.9. The highest BCUT2D eigenvalue weighted by Crippen LogP contribution is 2.29. The number of carbonyl (C=O) groups excluding carboxylic acids is 1. The smallest absolute Gasteiger partial charge is 0.246 e. The van der Waals surface area contributed by atoms with Crippen LogP contribution in [0.25, 0.3) is 0 Å². The van der Waals surface area contributed by atoms with Gasteiger partial charge in [-0.15, -0.1) is 0 Å². The number of likely N-dealkylation sites (tertiary alicyclic amines) is 1. The summed E-state index contributed by atoms with van der Waals surface area (Å²) in [6.07, 6.45) is 3.44. The summed E-state index contributed by atoms with van der Waals surface area (Å²) < 4.78 is 5.44. The van der Waals surface area contributed by atoms with Crippen molar-refractivity contribution in [2.75, 3.05) is 55.3 Å². The summed E-state index contributed by atoms with van der Waals surface area (Å²) in [5.41, 5.74) is 11.3. The summed E-state index contributed by atoms with van der Waals surface area (Å²) in [6, 6.07) is 15.1. The van der Waals surface area contributed by atoms with Crippen LogP contribution in [0.3, 0.4) is 0 Å². The number of hydrogen-bond donors (Lipinski definition) is 3. The van der Waals surface area contributed by atoms with Crippen molar-refractivity contribution in [3.05, 3.63) is 76.0 Å². The molecule has 7 nitrogen and oxygen atoms in total. The molecule has 188 valence electrons. The van der Waals surface area contributed by atoms with Gasteiger partial charge in [0.2, 0.25) is 5.91 Å². The highest BCUT2D eigenvalue weighted by molar-refractivity contribution is 7.08. The van der Waals surface area contributed by atoms with Gasteiger partial charge >= 0.3 is 0 Å². The van der Waals surface area contributed by atoms with Crippen LogP contribution in [-0.2, 0) is 9.53 Å². The number of amides is 1. The van der Waals surface area contributed by atoms with Crippen LogP contribution in [0.1, 0.15) is 42.0 Å². The molecule has 36 heavy (non-hydrogen) atoms. The first kappa shape index (κ1) is 24.5. The molecule has 0 saturated carbocycles. The molecule has 3 heterocycles. The Bertz CT molecular complexity index is 1180. The van der Waals surface area contributed by atoms with Crippen molar-refractivity contribution in [2.24, 2.45) is 0 Å². The lowest BCUT2D eigenvalue weighted by atomic mass is 9.99. The van der Waals surface area contributed by atoms with Gasteiger partial charge < -0.3 is 20.7 Å². The molecular formula is C28H33N5O2S. The lowest BCUT2D eigenvalue weighted by Crippen LogP contribution is -2.40. The number of nitrogens with one attached hydrogen (secondary N) is 2. The minimum Gasteiger partial charge on any atom is -0.398 e. The van der Waals surface area contributed by atoms with E-state index in [2.05, 4.69) is 20.5 Å². The van der Waals surface area contributed by atoms with Gasteiger partial charge in [0.1, 0.15) is 6.04 Å². The molecule has 0 bridgehead atoms. The van der Waals surface area contributed by atoms with E-state index in [1.807, 2.05) is 47.8 Å². The molecule has 2 aliphatic rings. The molecule has 5 rings (SSSR count). The molecule has 0 aliphatic carbocycles. The van der Waals surface area contributed by atoms with Gasteiger partial charge in [0.15, 0.2) is 0 Å². The van der Waals surface area contributed by atoms with Gasteiger partial charge in [-0.3, -0.25) is 15.1 Å². The van der Waals surface area contributed by atoms with Crippen LogP contribution < -0.4 is 16.0 Å². The van der Waals surface area contributed by atoms with E-state index in [1.165, 1.54) is 6.42 Å². The van der Waals surface area contributed by atoms with E-state index < -0.39 is 0 Å². The number of benzene rings is 2. The summed E-state index contributed by atoms with van der Waals surface area (Å²) >= 11 is 1.61. The number of nitrogens with zero attached hydrogens (tertiary/aromatic N) is 2. The zero-order valence-electron chi connectivity index (χ0n) is 20.4. The third-order valence-electron chi connectivity index (χ3n) is 6.99. The molecule has 2 fully saturated rings. The van der Waals surface area contributed by atoms with Crippen LogP contribution in [0.5, 0.6) is 0 Å². The molecule has 1 aromatic heterocycles. The van der Waals surface area contributed by atoms with Crippen molar-refractivity contribution in [1.29, 1.82) is 5.41 Å². The zero-order valence-corrected chi connectivity index (χ0v) is 21.2. The standard InChI is InChI=1S/C28H33N5O2S/c29-25-9-6-22(31-28(34)27(21-10-17-36-19-21)33-11-2-1-3-12-33)18-24(25)26(30)20-4-7-23(8-5-20)32-13-15-35-16-14-32/h4-10,17-19,27,30H,1-3,11-16,29H2,(H,31,34). The average molecular weight is 504 g/mol. The Morgan fingerprint density at radius 2 is 1.75 bits per heavy atom. The fourth-order valence-corrected chi connectivity index (χ4v) is 5.69. The van der Waals surface area contributed by atoms with Crippen molar-refractivity contribution in [1.82, 2.24) is 4.90 Å². The second kappa shape index (κ2) is 11.2. The van der Waals surface area contributed by atoms with E-state index in [4.69, 9.17) is 15.9 Å². The number of carbonyl (C=O) groups is 1. The Balaban J connectivity index is 1.33. The van der Waals surface area contributed by atoms with Crippen molar-refractivity contribution in [3.63, 3.8) is 0 Å². The Morgan fingerprint density at radius 3 is 2.44 bits per heavy atom. The molecule has 1 unspecified atom stereocenters. The summed E-state index contributed by atoms with van der Waals surface area (Å²) in [7, 11) is 0. The Morgan fingerprint density at radius 1 is 1.00 bits per heavy atom.